The van der Waals surface area contributed by atoms with E-state index < -0.39 is 0 Å². The molecular formula is C12H11. The molecule has 0 saturated carbocycles. The molecule has 0 heterocycles. The first-order valence-corrected chi connectivity index (χ1v) is 3.75. The lowest BCUT2D eigenvalue weighted by Crippen LogP contribution is -1.84. The van der Waals surface area contributed by atoms with Gasteiger partial charge in [-0.1, -0.05) is 50.1 Å². The zero-order valence-electron chi connectivity index (χ0n) is 7.01. The van der Waals surface area contributed by atoms with Crippen molar-refractivity contribution in [3.8, 4) is 0 Å². The van der Waals surface area contributed by atoms with Crippen molar-refractivity contribution in [1.29, 1.82) is 0 Å². The van der Waals surface area contributed by atoms with Crippen LogP contribution in [0.15, 0.2) is 31.9 Å². The molecule has 59 valence electrons. The predicted molar refractivity (Wildman–Crippen MR) is 55.6 cm³/mol. The van der Waals surface area contributed by atoms with E-state index in [1.54, 1.807) is 18.2 Å². The summed E-state index contributed by atoms with van der Waals surface area (Å²) >= 11 is 0. The van der Waals surface area contributed by atoms with Gasteiger partial charge in [0.05, 0.1) is 0 Å². The molecule has 0 amide bonds. The summed E-state index contributed by atoms with van der Waals surface area (Å²) in [6, 6.07) is 6.89. The van der Waals surface area contributed by atoms with Crippen LogP contribution in [0.5, 0.6) is 0 Å². The Morgan fingerprint density at radius 3 is 2.33 bits per heavy atom. The molecule has 0 N–H and O–H groups in total. The lowest BCUT2D eigenvalue weighted by molar-refractivity contribution is 1.57. The van der Waals surface area contributed by atoms with E-state index in [4.69, 9.17) is 0 Å². The molecule has 1 rings (SSSR count). The van der Waals surface area contributed by atoms with E-state index in [-0.39, 0.29) is 0 Å². The van der Waals surface area contributed by atoms with Gasteiger partial charge in [-0.25, -0.2) is 0 Å². The second-order valence-corrected chi connectivity index (χ2v) is 2.37. The zero-order chi connectivity index (χ0) is 8.97. The van der Waals surface area contributed by atoms with Crippen LogP contribution in [0, 0.1) is 6.07 Å². The summed E-state index contributed by atoms with van der Waals surface area (Å²) in [5, 5.41) is 0. The van der Waals surface area contributed by atoms with E-state index in [2.05, 4.69) is 25.8 Å². The first-order chi connectivity index (χ1) is 5.83. The van der Waals surface area contributed by atoms with Crippen molar-refractivity contribution in [1.82, 2.24) is 0 Å². The Hall–Kier alpha value is -1.56. The molecule has 0 heteroatoms. The lowest BCUT2D eigenvalue weighted by Gasteiger charge is -2.03. The molecular weight excluding hydrogens is 144 g/mol. The van der Waals surface area contributed by atoms with Gasteiger partial charge in [0.15, 0.2) is 0 Å². The molecule has 0 aliphatic heterocycles. The van der Waals surface area contributed by atoms with Gasteiger partial charge in [-0.3, -0.25) is 0 Å². The van der Waals surface area contributed by atoms with Gasteiger partial charge in [0.1, 0.15) is 0 Å². The van der Waals surface area contributed by atoms with Crippen molar-refractivity contribution >= 4 is 18.2 Å². The largest absolute Gasteiger partial charge is 0.0984 e. The quantitative estimate of drug-likeness (QED) is 0.627. The molecule has 0 saturated heterocycles. The summed E-state index contributed by atoms with van der Waals surface area (Å²) < 4.78 is 0. The summed E-state index contributed by atoms with van der Waals surface area (Å²) in [6.07, 6.45) is 5.37. The van der Waals surface area contributed by atoms with Crippen molar-refractivity contribution in [2.75, 3.05) is 0 Å². The minimum atomic E-state index is 0.974. The van der Waals surface area contributed by atoms with Crippen LogP contribution in [-0.2, 0) is 0 Å². The lowest BCUT2D eigenvalue weighted by atomic mass is 10.0. The molecule has 0 bridgehead atoms. The molecule has 1 aromatic carbocycles. The van der Waals surface area contributed by atoms with Crippen LogP contribution in [0.4, 0.5) is 0 Å². The average molecular weight is 155 g/mol. The maximum Gasteiger partial charge on any atom is -0.00990 e. The summed E-state index contributed by atoms with van der Waals surface area (Å²) in [6.45, 7) is 11.2. The van der Waals surface area contributed by atoms with E-state index in [1.807, 2.05) is 12.1 Å². The molecule has 0 aliphatic carbocycles. The average Bonchev–Trinajstić information content (AvgIpc) is 2.16. The van der Waals surface area contributed by atoms with E-state index in [0.717, 1.165) is 16.7 Å². The maximum atomic E-state index is 3.73. The Labute approximate surface area is 73.6 Å². The smallest absolute Gasteiger partial charge is 0.00990 e. The molecule has 1 aromatic rings. The van der Waals surface area contributed by atoms with Crippen molar-refractivity contribution in [2.24, 2.45) is 0 Å². The summed E-state index contributed by atoms with van der Waals surface area (Å²) in [7, 11) is 0. The molecule has 0 atom stereocenters. The molecule has 0 spiro atoms. The Balaban J connectivity index is 3.40. The van der Waals surface area contributed by atoms with Crippen molar-refractivity contribution in [2.45, 2.75) is 0 Å². The third-order valence-corrected chi connectivity index (χ3v) is 1.73. The fourth-order valence-electron chi connectivity index (χ4n) is 1.12. The topological polar surface area (TPSA) is 0 Å². The predicted octanol–water partition coefficient (Wildman–Crippen LogP) is 3.42. The fourth-order valence-corrected chi connectivity index (χ4v) is 1.12. The molecule has 0 fully saturated rings. The third-order valence-electron chi connectivity index (χ3n) is 1.73. The Kier molecular flexibility index (Phi) is 2.65. The molecule has 0 aliphatic rings. The fraction of sp³-hybridized carbons (Fsp3) is 0. The first-order valence-electron chi connectivity index (χ1n) is 3.75. The highest BCUT2D eigenvalue weighted by Gasteiger charge is 1.98. The van der Waals surface area contributed by atoms with Crippen LogP contribution < -0.4 is 0 Å². The number of benzene rings is 1. The molecule has 0 aromatic heterocycles. The summed E-state index contributed by atoms with van der Waals surface area (Å²) in [5.74, 6) is 0. The first kappa shape index (κ1) is 8.54. The van der Waals surface area contributed by atoms with Gasteiger partial charge in [-0.05, 0) is 22.8 Å². The Morgan fingerprint density at radius 1 is 1.08 bits per heavy atom. The van der Waals surface area contributed by atoms with Crippen LogP contribution in [-0.4, -0.2) is 0 Å². The van der Waals surface area contributed by atoms with Crippen LogP contribution >= 0.6 is 0 Å². The van der Waals surface area contributed by atoms with Crippen molar-refractivity contribution in [3.05, 3.63) is 54.6 Å². The van der Waals surface area contributed by atoms with Crippen molar-refractivity contribution in [3.63, 3.8) is 0 Å². The highest BCUT2D eigenvalue weighted by molar-refractivity contribution is 5.72. The minimum Gasteiger partial charge on any atom is -0.0984 e. The molecule has 12 heavy (non-hydrogen) atoms. The highest BCUT2D eigenvalue weighted by Crippen LogP contribution is 2.17. The second-order valence-electron chi connectivity index (χ2n) is 2.37. The van der Waals surface area contributed by atoms with Gasteiger partial charge in [-0.2, -0.15) is 0 Å². The maximum absolute atomic E-state index is 3.73. The van der Waals surface area contributed by atoms with Crippen LogP contribution in [0.2, 0.25) is 0 Å². The van der Waals surface area contributed by atoms with Gasteiger partial charge in [0.2, 0.25) is 0 Å². The monoisotopic (exact) mass is 155 g/mol. The van der Waals surface area contributed by atoms with Crippen LogP contribution in [0.3, 0.4) is 0 Å². The molecule has 1 radical (unpaired) electrons. The van der Waals surface area contributed by atoms with Gasteiger partial charge >= 0.3 is 0 Å². The number of rotatable bonds is 3. The van der Waals surface area contributed by atoms with Gasteiger partial charge < -0.3 is 0 Å². The van der Waals surface area contributed by atoms with Crippen LogP contribution in [0.1, 0.15) is 16.7 Å². The standard InChI is InChI=1S/C12H11/c1-4-10-8-7-9-11(5-2)12(10)6-3/h4-8H,1-3H2. The minimum absolute atomic E-state index is 0.974. The normalized spacial score (nSPS) is 9.00. The van der Waals surface area contributed by atoms with Gasteiger partial charge in [0, 0.05) is 0 Å². The van der Waals surface area contributed by atoms with E-state index in [1.165, 1.54) is 0 Å². The Bertz CT molecular complexity index is 293. The summed E-state index contributed by atoms with van der Waals surface area (Å²) in [4.78, 5) is 0. The SMILES string of the molecule is C=Cc1[c]ccc(C=C)c1C=C. The number of hydrogen-bond acceptors (Lipinski definition) is 0. The van der Waals surface area contributed by atoms with Crippen LogP contribution in [0.25, 0.3) is 18.2 Å². The van der Waals surface area contributed by atoms with E-state index >= 15 is 0 Å². The van der Waals surface area contributed by atoms with Gasteiger partial charge in [-0.15, -0.1) is 0 Å². The Morgan fingerprint density at radius 2 is 1.83 bits per heavy atom. The van der Waals surface area contributed by atoms with E-state index in [0.29, 0.717) is 0 Å². The molecule has 0 nitrogen and oxygen atoms in total. The third kappa shape index (κ3) is 1.37. The van der Waals surface area contributed by atoms with Crippen molar-refractivity contribution < 1.29 is 0 Å². The van der Waals surface area contributed by atoms with E-state index in [9.17, 15) is 0 Å². The second kappa shape index (κ2) is 3.72. The molecule has 0 unspecified atom stereocenters. The highest BCUT2D eigenvalue weighted by atomic mass is 14.0. The van der Waals surface area contributed by atoms with Gasteiger partial charge in [0.25, 0.3) is 0 Å². The zero-order valence-corrected chi connectivity index (χ0v) is 7.01. The number of hydrogen-bond donors (Lipinski definition) is 0. The summed E-state index contributed by atoms with van der Waals surface area (Å²) in [5.41, 5.74) is 3.09.